The van der Waals surface area contributed by atoms with Gasteiger partial charge in [0.2, 0.25) is 0 Å². The molecule has 2 heterocycles. The molecule has 0 radical (unpaired) electrons. The molecule has 0 aliphatic carbocycles. The SMILES string of the molecule is CCOC(=O)c1c(NC(=O)c2cccc([N+](=O)[O-])c2C)sc2c1CCN(C(C)C)C2. The molecule has 8 nitrogen and oxygen atoms in total. The number of carbonyl (C=O) groups excluding carboxylic acids is 2. The van der Waals surface area contributed by atoms with E-state index in [1.54, 1.807) is 13.8 Å². The van der Waals surface area contributed by atoms with Gasteiger partial charge in [-0.25, -0.2) is 4.79 Å². The van der Waals surface area contributed by atoms with Gasteiger partial charge >= 0.3 is 5.97 Å². The molecule has 1 aliphatic heterocycles. The number of anilines is 1. The van der Waals surface area contributed by atoms with Gasteiger partial charge in [0.15, 0.2) is 0 Å². The standard InChI is InChI=1S/C21H25N3O5S/c1-5-29-21(26)18-15-9-10-23(12(2)3)11-17(15)30-20(18)22-19(25)14-7-6-8-16(13(14)4)24(27)28/h6-8,12H,5,9-11H2,1-4H3,(H,22,25). The summed E-state index contributed by atoms with van der Waals surface area (Å²) in [6.45, 7) is 9.29. The summed E-state index contributed by atoms with van der Waals surface area (Å²) in [5.74, 6) is -0.944. The van der Waals surface area contributed by atoms with E-state index in [-0.39, 0.29) is 23.4 Å². The molecule has 0 bridgehead atoms. The third-order valence-corrected chi connectivity index (χ3v) is 6.40. The van der Waals surface area contributed by atoms with Gasteiger partial charge in [0.1, 0.15) is 5.00 Å². The van der Waals surface area contributed by atoms with E-state index in [9.17, 15) is 19.7 Å². The monoisotopic (exact) mass is 431 g/mol. The molecule has 9 heteroatoms. The normalized spacial score (nSPS) is 13.8. The molecule has 2 aromatic rings. The summed E-state index contributed by atoms with van der Waals surface area (Å²) in [5, 5.41) is 14.4. The first-order valence-corrected chi connectivity index (χ1v) is 10.7. The molecule has 1 aromatic carbocycles. The molecule has 30 heavy (non-hydrogen) atoms. The Bertz CT molecular complexity index is 999. The van der Waals surface area contributed by atoms with E-state index in [1.165, 1.54) is 29.5 Å². The number of thiophene rings is 1. The Hall–Kier alpha value is -2.78. The van der Waals surface area contributed by atoms with E-state index in [1.807, 2.05) is 0 Å². The third kappa shape index (κ3) is 4.22. The number of carbonyl (C=O) groups is 2. The highest BCUT2D eigenvalue weighted by molar-refractivity contribution is 7.17. The van der Waals surface area contributed by atoms with Crippen molar-refractivity contribution in [1.82, 2.24) is 4.90 Å². The van der Waals surface area contributed by atoms with Crippen molar-refractivity contribution in [3.8, 4) is 0 Å². The number of nitrogens with one attached hydrogen (secondary N) is 1. The molecule has 0 unspecified atom stereocenters. The molecule has 0 saturated heterocycles. The number of hydrogen-bond donors (Lipinski definition) is 1. The molecular formula is C21H25N3O5S. The molecule has 1 amide bonds. The second-order valence-electron chi connectivity index (χ2n) is 7.40. The number of ether oxygens (including phenoxy) is 1. The molecule has 0 saturated carbocycles. The van der Waals surface area contributed by atoms with E-state index in [4.69, 9.17) is 4.74 Å². The molecule has 1 aliphatic rings. The van der Waals surface area contributed by atoms with Crippen LogP contribution in [0.15, 0.2) is 18.2 Å². The maximum absolute atomic E-state index is 12.9. The summed E-state index contributed by atoms with van der Waals surface area (Å²) in [4.78, 5) is 39.6. The maximum atomic E-state index is 12.9. The van der Waals surface area contributed by atoms with Gasteiger partial charge in [-0.2, -0.15) is 0 Å². The minimum absolute atomic E-state index is 0.119. The number of esters is 1. The topological polar surface area (TPSA) is 102 Å². The molecule has 0 atom stereocenters. The summed E-state index contributed by atoms with van der Waals surface area (Å²) in [7, 11) is 0. The minimum Gasteiger partial charge on any atom is -0.462 e. The average Bonchev–Trinajstić information content (AvgIpc) is 3.04. The second-order valence-corrected chi connectivity index (χ2v) is 8.51. The molecule has 3 rings (SSSR count). The van der Waals surface area contributed by atoms with Gasteiger partial charge in [-0.05, 0) is 45.7 Å². The highest BCUT2D eigenvalue weighted by Crippen LogP contribution is 2.38. The highest BCUT2D eigenvalue weighted by Gasteiger charge is 2.30. The number of benzene rings is 1. The molecular weight excluding hydrogens is 406 g/mol. The van der Waals surface area contributed by atoms with Crippen LogP contribution in [-0.2, 0) is 17.7 Å². The first-order chi connectivity index (χ1) is 14.2. The van der Waals surface area contributed by atoms with E-state index in [2.05, 4.69) is 24.1 Å². The number of nitrogens with zero attached hydrogens (tertiary/aromatic N) is 2. The third-order valence-electron chi connectivity index (χ3n) is 5.27. The molecule has 0 fully saturated rings. The summed E-state index contributed by atoms with van der Waals surface area (Å²) in [6, 6.07) is 4.75. The largest absolute Gasteiger partial charge is 0.462 e. The lowest BCUT2D eigenvalue weighted by atomic mass is 10.0. The van der Waals surface area contributed by atoms with Crippen molar-refractivity contribution >= 4 is 33.9 Å². The number of amides is 1. The van der Waals surface area contributed by atoms with Crippen LogP contribution in [0.1, 0.15) is 57.5 Å². The van der Waals surface area contributed by atoms with E-state index < -0.39 is 16.8 Å². The van der Waals surface area contributed by atoms with E-state index in [0.717, 1.165) is 17.0 Å². The van der Waals surface area contributed by atoms with Crippen molar-refractivity contribution in [2.45, 2.75) is 46.7 Å². The Balaban J connectivity index is 1.98. The zero-order chi connectivity index (χ0) is 22.0. The number of nitro benzene ring substituents is 1. The van der Waals surface area contributed by atoms with Crippen LogP contribution in [0, 0.1) is 17.0 Å². The quantitative estimate of drug-likeness (QED) is 0.419. The lowest BCUT2D eigenvalue weighted by Crippen LogP contribution is -2.35. The van der Waals surface area contributed by atoms with Crippen LogP contribution in [0.25, 0.3) is 0 Å². The van der Waals surface area contributed by atoms with E-state index >= 15 is 0 Å². The van der Waals surface area contributed by atoms with Crippen molar-refractivity contribution in [2.75, 3.05) is 18.5 Å². The first kappa shape index (κ1) is 21.9. The number of hydrogen-bond acceptors (Lipinski definition) is 7. The summed E-state index contributed by atoms with van der Waals surface area (Å²) < 4.78 is 5.24. The van der Waals surface area contributed by atoms with Crippen LogP contribution in [0.3, 0.4) is 0 Å². The van der Waals surface area contributed by atoms with Crippen molar-refractivity contribution < 1.29 is 19.2 Å². The van der Waals surface area contributed by atoms with E-state index in [0.29, 0.717) is 29.6 Å². The Kier molecular flexibility index (Phi) is 6.52. The number of rotatable bonds is 6. The average molecular weight is 432 g/mol. The molecule has 1 N–H and O–H groups in total. The van der Waals surface area contributed by atoms with Crippen LogP contribution in [0.2, 0.25) is 0 Å². The number of nitro groups is 1. The smallest absolute Gasteiger partial charge is 0.341 e. The summed E-state index contributed by atoms with van der Waals surface area (Å²) >= 11 is 1.37. The van der Waals surface area contributed by atoms with Gasteiger partial charge in [0.05, 0.1) is 17.1 Å². The predicted octanol–water partition coefficient (Wildman–Crippen LogP) is 4.16. The van der Waals surface area contributed by atoms with Crippen molar-refractivity contribution in [3.63, 3.8) is 0 Å². The summed E-state index contributed by atoms with van der Waals surface area (Å²) in [5.41, 5.74) is 1.68. The van der Waals surface area contributed by atoms with Crippen molar-refractivity contribution in [1.29, 1.82) is 0 Å². The first-order valence-electron chi connectivity index (χ1n) is 9.85. The van der Waals surface area contributed by atoms with Gasteiger partial charge in [-0.3, -0.25) is 19.8 Å². The lowest BCUT2D eigenvalue weighted by Gasteiger charge is -2.30. The van der Waals surface area contributed by atoms with Crippen LogP contribution < -0.4 is 5.32 Å². The minimum atomic E-state index is -0.513. The summed E-state index contributed by atoms with van der Waals surface area (Å²) in [6.07, 6.45) is 0.698. The molecule has 1 aromatic heterocycles. The van der Waals surface area contributed by atoms with Gasteiger partial charge < -0.3 is 10.1 Å². The fourth-order valence-electron chi connectivity index (χ4n) is 3.61. The van der Waals surface area contributed by atoms with Crippen LogP contribution >= 0.6 is 11.3 Å². The Morgan fingerprint density at radius 3 is 2.73 bits per heavy atom. The van der Waals surface area contributed by atoms with Gasteiger partial charge in [-0.1, -0.05) is 6.07 Å². The van der Waals surface area contributed by atoms with Gasteiger partial charge in [0.25, 0.3) is 11.6 Å². The van der Waals surface area contributed by atoms with Crippen LogP contribution in [0.5, 0.6) is 0 Å². The van der Waals surface area contributed by atoms with Crippen molar-refractivity contribution in [3.05, 3.63) is 55.4 Å². The Morgan fingerprint density at radius 1 is 1.37 bits per heavy atom. The highest BCUT2D eigenvalue weighted by atomic mass is 32.1. The van der Waals surface area contributed by atoms with Crippen molar-refractivity contribution in [2.24, 2.45) is 0 Å². The van der Waals surface area contributed by atoms with Gasteiger partial charge in [0, 0.05) is 41.2 Å². The predicted molar refractivity (Wildman–Crippen MR) is 115 cm³/mol. The molecule has 160 valence electrons. The Morgan fingerprint density at radius 2 is 2.10 bits per heavy atom. The number of fused-ring (bicyclic) bond motifs is 1. The molecule has 0 spiro atoms. The van der Waals surface area contributed by atoms with Gasteiger partial charge in [-0.15, -0.1) is 11.3 Å². The van der Waals surface area contributed by atoms with Crippen LogP contribution in [0.4, 0.5) is 10.7 Å². The zero-order valence-corrected chi connectivity index (χ0v) is 18.3. The van der Waals surface area contributed by atoms with Crippen LogP contribution in [-0.4, -0.2) is 40.9 Å². The maximum Gasteiger partial charge on any atom is 0.341 e. The fraction of sp³-hybridized carbons (Fsp3) is 0.429. The zero-order valence-electron chi connectivity index (χ0n) is 17.5. The fourth-order valence-corrected chi connectivity index (χ4v) is 4.87. The lowest BCUT2D eigenvalue weighted by molar-refractivity contribution is -0.385. The Labute approximate surface area is 179 Å². The second kappa shape index (κ2) is 8.93.